The Morgan fingerprint density at radius 1 is 1.23 bits per heavy atom. The molecule has 1 fully saturated rings. The van der Waals surface area contributed by atoms with Gasteiger partial charge < -0.3 is 4.74 Å². The van der Waals surface area contributed by atoms with Gasteiger partial charge in [-0.3, -0.25) is 9.69 Å². The predicted molar refractivity (Wildman–Crippen MR) is 116 cm³/mol. The van der Waals surface area contributed by atoms with Gasteiger partial charge in [-0.2, -0.15) is 0 Å². The van der Waals surface area contributed by atoms with Crippen LogP contribution in [0.1, 0.15) is 54.6 Å². The van der Waals surface area contributed by atoms with E-state index >= 15 is 0 Å². The van der Waals surface area contributed by atoms with Gasteiger partial charge in [0.05, 0.1) is 29.4 Å². The van der Waals surface area contributed by atoms with Crippen LogP contribution in [0.25, 0.3) is 0 Å². The number of rotatable bonds is 6. The number of sulfone groups is 1. The Morgan fingerprint density at radius 2 is 1.97 bits per heavy atom. The molecule has 10 heteroatoms. The Bertz CT molecular complexity index is 1090. The second-order valence-corrected chi connectivity index (χ2v) is 9.83. The third kappa shape index (κ3) is 4.88. The fourth-order valence-electron chi connectivity index (χ4n) is 4.00. The van der Waals surface area contributed by atoms with Crippen LogP contribution in [-0.4, -0.2) is 49.7 Å². The third-order valence-corrected chi connectivity index (χ3v) is 7.03. The molecule has 0 aliphatic heterocycles. The topological polar surface area (TPSA) is 107 Å². The zero-order valence-corrected chi connectivity index (χ0v) is 19.1. The second-order valence-electron chi connectivity index (χ2n) is 7.44. The third-order valence-electron chi connectivity index (χ3n) is 5.45. The molecule has 0 spiro atoms. The van der Waals surface area contributed by atoms with Crippen molar-refractivity contribution in [1.82, 2.24) is 9.97 Å². The number of aromatic nitrogens is 2. The molecule has 2 unspecified atom stereocenters. The maximum atomic E-state index is 12.9. The van der Waals surface area contributed by atoms with E-state index in [9.17, 15) is 18.0 Å². The smallest absolute Gasteiger partial charge is 0.358 e. The highest BCUT2D eigenvalue weighted by Gasteiger charge is 2.37. The highest BCUT2D eigenvalue weighted by atomic mass is 35.5. The second kappa shape index (κ2) is 9.32. The summed E-state index contributed by atoms with van der Waals surface area (Å²) in [7, 11) is -2.17. The maximum absolute atomic E-state index is 12.9. The number of halogens is 1. The van der Waals surface area contributed by atoms with Crippen LogP contribution in [0.5, 0.6) is 0 Å². The first-order valence-corrected chi connectivity index (χ1v) is 12.2. The summed E-state index contributed by atoms with van der Waals surface area (Å²) < 4.78 is 28.4. The lowest BCUT2D eigenvalue weighted by Gasteiger charge is -2.32. The molecule has 8 nitrogen and oxygen atoms in total. The summed E-state index contributed by atoms with van der Waals surface area (Å²) in [6.45, 7) is 1.77. The maximum Gasteiger partial charge on any atom is 0.358 e. The van der Waals surface area contributed by atoms with Crippen LogP contribution in [0, 0.1) is 0 Å². The van der Waals surface area contributed by atoms with Gasteiger partial charge in [0.1, 0.15) is 0 Å². The molecule has 2 aromatic rings. The zero-order chi connectivity index (χ0) is 22.8. The monoisotopic (exact) mass is 465 g/mol. The Kier molecular flexibility index (Phi) is 6.96. The molecule has 3 rings (SSSR count). The van der Waals surface area contributed by atoms with E-state index < -0.39 is 15.8 Å². The Balaban J connectivity index is 1.97. The van der Waals surface area contributed by atoms with Gasteiger partial charge >= 0.3 is 5.97 Å². The van der Waals surface area contributed by atoms with Gasteiger partial charge in [0.2, 0.25) is 5.91 Å². The molecule has 0 saturated heterocycles. The van der Waals surface area contributed by atoms with Crippen molar-refractivity contribution in [1.29, 1.82) is 0 Å². The Labute approximate surface area is 186 Å². The number of nitrogens with zero attached hydrogens (tertiary/aromatic N) is 3. The number of ether oxygens (including phenoxy) is 1. The molecular formula is C21H24ClN3O5S. The first kappa shape index (κ1) is 23.1. The van der Waals surface area contributed by atoms with Crippen LogP contribution >= 0.6 is 11.6 Å². The van der Waals surface area contributed by atoms with Crippen molar-refractivity contribution in [3.63, 3.8) is 0 Å². The van der Waals surface area contributed by atoms with Crippen molar-refractivity contribution in [2.24, 2.45) is 0 Å². The van der Waals surface area contributed by atoms with E-state index in [0.29, 0.717) is 5.82 Å². The number of methoxy groups -OCH3 is 1. The first-order chi connectivity index (χ1) is 14.7. The molecule has 1 aliphatic carbocycles. The molecule has 1 aromatic carbocycles. The minimum Gasteiger partial charge on any atom is -0.464 e. The van der Waals surface area contributed by atoms with E-state index in [2.05, 4.69) is 14.7 Å². The number of hydrogen-bond acceptors (Lipinski definition) is 7. The molecule has 0 bridgehead atoms. The van der Waals surface area contributed by atoms with E-state index in [1.165, 1.54) is 25.6 Å². The van der Waals surface area contributed by atoms with Crippen molar-refractivity contribution in [3.8, 4) is 0 Å². The van der Waals surface area contributed by atoms with Crippen LogP contribution < -0.4 is 4.90 Å². The van der Waals surface area contributed by atoms with Crippen LogP contribution in [0.2, 0.25) is 5.02 Å². The average Bonchev–Trinajstić information content (AvgIpc) is 3.22. The van der Waals surface area contributed by atoms with Crippen LogP contribution in [0.3, 0.4) is 0 Å². The van der Waals surface area contributed by atoms with E-state index in [-0.39, 0.29) is 39.9 Å². The molecule has 1 aliphatic rings. The molecule has 0 radical (unpaired) electrons. The first-order valence-electron chi connectivity index (χ1n) is 9.89. The molecule has 1 saturated carbocycles. The Morgan fingerprint density at radius 3 is 2.52 bits per heavy atom. The number of hydrogen-bond donors (Lipinski definition) is 0. The van der Waals surface area contributed by atoms with Crippen molar-refractivity contribution in [2.45, 2.75) is 49.5 Å². The fourth-order valence-corrected chi connectivity index (χ4v) is 5.33. The van der Waals surface area contributed by atoms with Gasteiger partial charge in [-0.05, 0) is 30.5 Å². The van der Waals surface area contributed by atoms with Gasteiger partial charge in [0, 0.05) is 24.6 Å². The van der Waals surface area contributed by atoms with Crippen LogP contribution in [0.15, 0.2) is 35.5 Å². The molecule has 2 atom stereocenters. The van der Waals surface area contributed by atoms with E-state index in [0.717, 1.165) is 31.1 Å². The lowest BCUT2D eigenvalue weighted by molar-refractivity contribution is -0.118. The lowest BCUT2D eigenvalue weighted by atomic mass is 9.92. The number of benzene rings is 1. The minimum absolute atomic E-state index is 0.0382. The molecule has 1 aromatic heterocycles. The van der Waals surface area contributed by atoms with Gasteiger partial charge in [-0.25, -0.2) is 23.2 Å². The molecule has 1 amide bonds. The summed E-state index contributed by atoms with van der Waals surface area (Å²) in [5, 5.41) is 0.168. The highest BCUT2D eigenvalue weighted by Crippen LogP contribution is 2.41. The zero-order valence-electron chi connectivity index (χ0n) is 17.5. The van der Waals surface area contributed by atoms with E-state index in [1.807, 2.05) is 0 Å². The standard InChI is InChI=1S/C21H24ClN3O5S/c1-4-20(26)25(19-12-23-16(11-24-19)21(27)30-2)17-7-5-6-14(17)13-8-9-18(15(22)10-13)31(3,28)29/h8-12,14,17H,4-7H2,1-3H3. The van der Waals surface area contributed by atoms with Crippen molar-refractivity contribution in [3.05, 3.63) is 46.9 Å². The number of carbonyl (C=O) groups is 2. The normalized spacial score (nSPS) is 18.6. The SMILES string of the molecule is CCC(=O)N(c1cnc(C(=O)OC)cn1)C1CCCC1c1ccc(S(C)(=O)=O)c(Cl)c1. The molecule has 0 N–H and O–H groups in total. The molecule has 1 heterocycles. The molecule has 166 valence electrons. The predicted octanol–water partition coefficient (Wildman–Crippen LogP) is 3.40. The fraction of sp³-hybridized carbons (Fsp3) is 0.429. The van der Waals surface area contributed by atoms with Gasteiger partial charge in [-0.15, -0.1) is 0 Å². The van der Waals surface area contributed by atoms with Crippen LogP contribution in [0.4, 0.5) is 5.82 Å². The van der Waals surface area contributed by atoms with E-state index in [1.54, 1.807) is 24.0 Å². The summed E-state index contributed by atoms with van der Waals surface area (Å²) in [6, 6.07) is 4.75. The number of anilines is 1. The minimum atomic E-state index is -3.43. The van der Waals surface area contributed by atoms with Crippen molar-refractivity contribution >= 4 is 39.1 Å². The summed E-state index contributed by atoms with van der Waals surface area (Å²) in [4.78, 5) is 34.6. The number of carbonyl (C=O) groups excluding carboxylic acids is 2. The highest BCUT2D eigenvalue weighted by molar-refractivity contribution is 7.90. The molecule has 31 heavy (non-hydrogen) atoms. The summed E-state index contributed by atoms with van der Waals surface area (Å²) in [5.41, 5.74) is 0.925. The van der Waals surface area contributed by atoms with E-state index in [4.69, 9.17) is 11.6 Å². The lowest BCUT2D eigenvalue weighted by Crippen LogP contribution is -2.42. The average molecular weight is 466 g/mol. The van der Waals surface area contributed by atoms with Gasteiger partial charge in [-0.1, -0.05) is 31.0 Å². The summed E-state index contributed by atoms with van der Waals surface area (Å²) >= 11 is 6.26. The van der Waals surface area contributed by atoms with Crippen molar-refractivity contribution < 1.29 is 22.7 Å². The van der Waals surface area contributed by atoms with Crippen molar-refractivity contribution in [2.75, 3.05) is 18.3 Å². The number of esters is 1. The molecular weight excluding hydrogens is 442 g/mol. The van der Waals surface area contributed by atoms with Gasteiger partial charge in [0.15, 0.2) is 21.3 Å². The largest absolute Gasteiger partial charge is 0.464 e. The Hall–Kier alpha value is -2.52. The summed E-state index contributed by atoms with van der Waals surface area (Å²) in [6.07, 6.45) is 6.54. The number of amides is 1. The van der Waals surface area contributed by atoms with Gasteiger partial charge in [0.25, 0.3) is 0 Å². The quantitative estimate of drug-likeness (QED) is 0.601. The van der Waals surface area contributed by atoms with Crippen LogP contribution in [-0.2, 0) is 19.4 Å². The summed E-state index contributed by atoms with van der Waals surface area (Å²) in [5.74, 6) is -0.401.